The summed E-state index contributed by atoms with van der Waals surface area (Å²) in [6.45, 7) is 0.922. The minimum Gasteiger partial charge on any atom is -0.357 e. The molecule has 0 saturated carbocycles. The number of quaternary nitrogens is 1. The van der Waals surface area contributed by atoms with E-state index in [-0.39, 0.29) is 0 Å². The Morgan fingerprint density at radius 1 is 1.43 bits per heavy atom. The van der Waals surface area contributed by atoms with Crippen LogP contribution < -0.4 is 5.73 Å². The first-order valence-corrected chi connectivity index (χ1v) is 5.13. The second-order valence-electron chi connectivity index (χ2n) is 3.53. The fourth-order valence-electron chi connectivity index (χ4n) is 1.84. The summed E-state index contributed by atoms with van der Waals surface area (Å²) in [6, 6.07) is 6.02. The first-order valence-electron chi connectivity index (χ1n) is 4.75. The van der Waals surface area contributed by atoms with E-state index in [1.54, 1.807) is 0 Å². The summed E-state index contributed by atoms with van der Waals surface area (Å²) in [5, 5.41) is 2.05. The molecular formula is C11H14ClN2+. The second kappa shape index (κ2) is 3.64. The number of aromatic nitrogens is 1. The van der Waals surface area contributed by atoms with Crippen LogP contribution in [0.5, 0.6) is 0 Å². The number of aryl methyl sites for hydroxylation is 1. The number of hydrogen-bond donors (Lipinski definition) is 1. The monoisotopic (exact) mass is 209 g/mol. The van der Waals surface area contributed by atoms with Gasteiger partial charge in [0.2, 0.25) is 0 Å². The van der Waals surface area contributed by atoms with Crippen LogP contribution in [0.25, 0.3) is 10.9 Å². The van der Waals surface area contributed by atoms with Gasteiger partial charge < -0.3 is 10.3 Å². The first kappa shape index (κ1) is 9.56. The van der Waals surface area contributed by atoms with E-state index in [2.05, 4.69) is 29.6 Å². The van der Waals surface area contributed by atoms with Gasteiger partial charge in [-0.2, -0.15) is 0 Å². The van der Waals surface area contributed by atoms with Crippen molar-refractivity contribution in [2.45, 2.75) is 6.42 Å². The molecule has 0 radical (unpaired) electrons. The molecule has 3 heteroatoms. The standard InChI is InChI=1S/C11H13ClN2/c1-14-7-8(4-5-13)10-6-9(12)2-3-11(10)14/h2-3,6-7H,4-5,13H2,1H3/p+1. The lowest BCUT2D eigenvalue weighted by Crippen LogP contribution is -2.51. The number of nitrogens with zero attached hydrogens (tertiary/aromatic N) is 1. The van der Waals surface area contributed by atoms with Crippen molar-refractivity contribution in [3.05, 3.63) is 35.0 Å². The fourth-order valence-corrected chi connectivity index (χ4v) is 2.01. The van der Waals surface area contributed by atoms with Crippen molar-refractivity contribution < 1.29 is 5.73 Å². The summed E-state index contributed by atoms with van der Waals surface area (Å²) >= 11 is 5.98. The van der Waals surface area contributed by atoms with E-state index in [1.807, 2.05) is 12.1 Å². The topological polar surface area (TPSA) is 32.6 Å². The Morgan fingerprint density at radius 3 is 2.93 bits per heavy atom. The van der Waals surface area contributed by atoms with Gasteiger partial charge in [0.25, 0.3) is 0 Å². The van der Waals surface area contributed by atoms with Crippen molar-refractivity contribution in [2.75, 3.05) is 6.54 Å². The van der Waals surface area contributed by atoms with E-state index < -0.39 is 0 Å². The van der Waals surface area contributed by atoms with E-state index in [0.717, 1.165) is 18.0 Å². The molecule has 1 aromatic heterocycles. The largest absolute Gasteiger partial charge is 0.357 e. The van der Waals surface area contributed by atoms with Gasteiger partial charge in [0, 0.05) is 35.6 Å². The molecule has 0 aliphatic heterocycles. The third kappa shape index (κ3) is 1.51. The zero-order valence-electron chi connectivity index (χ0n) is 8.26. The molecule has 2 aromatic rings. The number of halogens is 1. The van der Waals surface area contributed by atoms with Gasteiger partial charge in [0.1, 0.15) is 0 Å². The normalized spacial score (nSPS) is 11.1. The first-order chi connectivity index (χ1) is 6.72. The minimum atomic E-state index is 0.800. The van der Waals surface area contributed by atoms with Crippen LogP contribution in [0.3, 0.4) is 0 Å². The molecule has 1 heterocycles. The molecule has 0 spiro atoms. The maximum Gasteiger partial charge on any atom is 0.0781 e. The Labute approximate surface area is 88.3 Å². The van der Waals surface area contributed by atoms with Gasteiger partial charge >= 0.3 is 0 Å². The summed E-state index contributed by atoms with van der Waals surface area (Å²) in [5.41, 5.74) is 6.44. The lowest BCUT2D eigenvalue weighted by Gasteiger charge is -1.96. The van der Waals surface area contributed by atoms with Crippen LogP contribution >= 0.6 is 11.6 Å². The molecule has 0 unspecified atom stereocenters. The SMILES string of the molecule is Cn1cc(CC[NH3+])c2cc(Cl)ccc21. The smallest absolute Gasteiger partial charge is 0.0781 e. The summed E-state index contributed by atoms with van der Waals surface area (Å²) < 4.78 is 2.14. The maximum absolute atomic E-state index is 5.98. The molecule has 1 aromatic carbocycles. The van der Waals surface area contributed by atoms with Crippen LogP contribution in [0.15, 0.2) is 24.4 Å². The van der Waals surface area contributed by atoms with Gasteiger partial charge in [-0.1, -0.05) is 11.6 Å². The lowest BCUT2D eigenvalue weighted by atomic mass is 10.1. The highest BCUT2D eigenvalue weighted by Gasteiger charge is 2.06. The number of rotatable bonds is 2. The summed E-state index contributed by atoms with van der Waals surface area (Å²) in [7, 11) is 2.06. The molecular weight excluding hydrogens is 196 g/mol. The molecule has 2 nitrogen and oxygen atoms in total. The van der Waals surface area contributed by atoms with Gasteiger partial charge in [-0.15, -0.1) is 0 Å². The van der Waals surface area contributed by atoms with E-state index in [4.69, 9.17) is 11.6 Å². The average Bonchev–Trinajstić information content (AvgIpc) is 2.44. The van der Waals surface area contributed by atoms with Crippen LogP contribution in [-0.4, -0.2) is 11.1 Å². The highest BCUT2D eigenvalue weighted by Crippen LogP contribution is 2.24. The molecule has 0 saturated heterocycles. The van der Waals surface area contributed by atoms with Gasteiger partial charge in [-0.3, -0.25) is 0 Å². The van der Waals surface area contributed by atoms with Crippen molar-refractivity contribution >= 4 is 22.5 Å². The van der Waals surface area contributed by atoms with Crippen LogP contribution in [0.1, 0.15) is 5.56 Å². The maximum atomic E-state index is 5.98. The molecule has 3 N–H and O–H groups in total. The number of benzene rings is 1. The van der Waals surface area contributed by atoms with Crippen LogP contribution in [0.4, 0.5) is 0 Å². The van der Waals surface area contributed by atoms with E-state index >= 15 is 0 Å². The van der Waals surface area contributed by atoms with Crippen molar-refractivity contribution in [1.82, 2.24) is 4.57 Å². The molecule has 0 bridgehead atoms. The van der Waals surface area contributed by atoms with Crippen molar-refractivity contribution in [3.8, 4) is 0 Å². The highest BCUT2D eigenvalue weighted by molar-refractivity contribution is 6.31. The van der Waals surface area contributed by atoms with Gasteiger partial charge in [0.05, 0.1) is 6.54 Å². The van der Waals surface area contributed by atoms with E-state index in [0.29, 0.717) is 0 Å². The molecule has 0 aliphatic rings. The van der Waals surface area contributed by atoms with Crippen LogP contribution in [-0.2, 0) is 13.5 Å². The number of hydrogen-bond acceptors (Lipinski definition) is 0. The highest BCUT2D eigenvalue weighted by atomic mass is 35.5. The molecule has 74 valence electrons. The third-order valence-electron chi connectivity index (χ3n) is 2.48. The Bertz CT molecular complexity index is 460. The molecule has 2 rings (SSSR count). The molecule has 0 fully saturated rings. The van der Waals surface area contributed by atoms with Gasteiger partial charge in [-0.25, -0.2) is 0 Å². The predicted molar refractivity (Wildman–Crippen MR) is 59.4 cm³/mol. The average molecular weight is 210 g/mol. The van der Waals surface area contributed by atoms with Crippen LogP contribution in [0, 0.1) is 0 Å². The zero-order chi connectivity index (χ0) is 10.1. The predicted octanol–water partition coefficient (Wildman–Crippen LogP) is 1.62. The van der Waals surface area contributed by atoms with Crippen molar-refractivity contribution in [3.63, 3.8) is 0 Å². The van der Waals surface area contributed by atoms with Crippen molar-refractivity contribution in [2.24, 2.45) is 7.05 Å². The fraction of sp³-hybridized carbons (Fsp3) is 0.273. The Hall–Kier alpha value is -0.990. The van der Waals surface area contributed by atoms with Gasteiger partial charge in [0.15, 0.2) is 0 Å². The Morgan fingerprint density at radius 2 is 2.21 bits per heavy atom. The van der Waals surface area contributed by atoms with Crippen molar-refractivity contribution in [1.29, 1.82) is 0 Å². The summed E-state index contributed by atoms with van der Waals surface area (Å²) in [4.78, 5) is 0. The third-order valence-corrected chi connectivity index (χ3v) is 2.72. The molecule has 0 aliphatic carbocycles. The van der Waals surface area contributed by atoms with Crippen LogP contribution in [0.2, 0.25) is 5.02 Å². The molecule has 0 atom stereocenters. The second-order valence-corrected chi connectivity index (χ2v) is 3.97. The summed E-state index contributed by atoms with van der Waals surface area (Å²) in [6.07, 6.45) is 3.17. The Balaban J connectivity index is 2.66. The van der Waals surface area contributed by atoms with E-state index in [9.17, 15) is 0 Å². The minimum absolute atomic E-state index is 0.800. The van der Waals surface area contributed by atoms with E-state index in [1.165, 1.54) is 16.5 Å². The molecule has 0 amide bonds. The quantitative estimate of drug-likeness (QED) is 0.780. The molecule has 14 heavy (non-hydrogen) atoms. The lowest BCUT2D eigenvalue weighted by molar-refractivity contribution is -0.366. The van der Waals surface area contributed by atoms with Gasteiger partial charge in [-0.05, 0) is 23.8 Å². The Kier molecular flexibility index (Phi) is 2.48. The zero-order valence-corrected chi connectivity index (χ0v) is 9.01. The number of fused-ring (bicyclic) bond motifs is 1. The summed E-state index contributed by atoms with van der Waals surface area (Å²) in [5.74, 6) is 0.